The van der Waals surface area contributed by atoms with Crippen molar-refractivity contribution in [1.29, 1.82) is 0 Å². The van der Waals surface area contributed by atoms with Gasteiger partial charge in [-0.3, -0.25) is 0 Å². The normalized spacial score (nSPS) is 12.0. The fourth-order valence-corrected chi connectivity index (χ4v) is 1.59. The van der Waals surface area contributed by atoms with Crippen LogP contribution in [0.3, 0.4) is 0 Å². The van der Waals surface area contributed by atoms with Gasteiger partial charge in [0.15, 0.2) is 0 Å². The molecule has 2 aromatic rings. The zero-order valence-corrected chi connectivity index (χ0v) is 9.71. The van der Waals surface area contributed by atoms with Gasteiger partial charge >= 0.3 is 5.97 Å². The Morgan fingerprint density at radius 2 is 2.28 bits per heavy atom. The van der Waals surface area contributed by atoms with E-state index >= 15 is 0 Å². The summed E-state index contributed by atoms with van der Waals surface area (Å²) in [5.41, 5.74) is 0.776. The molecule has 0 spiro atoms. The Morgan fingerprint density at radius 1 is 1.50 bits per heavy atom. The molecule has 5 heteroatoms. The number of carboxylic acids is 1. The average molecular weight is 243 g/mol. The number of rotatable bonds is 5. The van der Waals surface area contributed by atoms with Crippen molar-refractivity contribution in [2.45, 2.75) is 12.5 Å². The number of benzene rings is 1. The highest BCUT2D eigenvalue weighted by atomic mass is 16.4. The van der Waals surface area contributed by atoms with Crippen LogP contribution in [0.15, 0.2) is 43.1 Å². The van der Waals surface area contributed by atoms with Gasteiger partial charge in [-0.25, -0.2) is 14.8 Å². The molecule has 2 N–H and O–H groups in total. The second-order valence-corrected chi connectivity index (χ2v) is 3.81. The summed E-state index contributed by atoms with van der Waals surface area (Å²) in [5.74, 6) is -0.644. The maximum atomic E-state index is 11.0. The van der Waals surface area contributed by atoms with E-state index in [9.17, 15) is 4.79 Å². The molecular weight excluding hydrogens is 230 g/mol. The zero-order chi connectivity index (χ0) is 13.0. The summed E-state index contributed by atoms with van der Waals surface area (Å²) in [7, 11) is 0. The van der Waals surface area contributed by atoms with Gasteiger partial charge < -0.3 is 10.4 Å². The standard InChI is InChI=1S/C13H13N3O2/c1-2-5-11(12(17)18)16-13-14-8-9-6-3-4-7-10(9)15-13/h2-4,6-8,11H,1,5H2,(H,17,18)(H,14,15,16). The van der Waals surface area contributed by atoms with E-state index in [0.29, 0.717) is 12.4 Å². The number of hydrogen-bond donors (Lipinski definition) is 2. The second kappa shape index (κ2) is 5.27. The summed E-state index contributed by atoms with van der Waals surface area (Å²) in [6.07, 6.45) is 3.52. The molecule has 0 saturated carbocycles. The van der Waals surface area contributed by atoms with Crippen LogP contribution in [0.4, 0.5) is 5.95 Å². The van der Waals surface area contributed by atoms with E-state index in [-0.39, 0.29) is 0 Å². The predicted molar refractivity (Wildman–Crippen MR) is 69.4 cm³/mol. The van der Waals surface area contributed by atoms with E-state index in [1.165, 1.54) is 0 Å². The SMILES string of the molecule is C=CCC(Nc1ncc2ccccc2n1)C(=O)O. The lowest BCUT2D eigenvalue weighted by Gasteiger charge is -2.12. The van der Waals surface area contributed by atoms with E-state index < -0.39 is 12.0 Å². The number of nitrogens with zero attached hydrogens (tertiary/aromatic N) is 2. The van der Waals surface area contributed by atoms with Gasteiger partial charge in [-0.15, -0.1) is 6.58 Å². The van der Waals surface area contributed by atoms with E-state index in [4.69, 9.17) is 5.11 Å². The van der Waals surface area contributed by atoms with Crippen LogP contribution in [0.5, 0.6) is 0 Å². The highest BCUT2D eigenvalue weighted by Gasteiger charge is 2.16. The third-order valence-electron chi connectivity index (χ3n) is 2.49. The average Bonchev–Trinajstić information content (AvgIpc) is 2.38. The van der Waals surface area contributed by atoms with Gasteiger partial charge in [-0.05, 0) is 12.5 Å². The molecular formula is C13H13N3O2. The van der Waals surface area contributed by atoms with Crippen LogP contribution in [-0.2, 0) is 4.79 Å². The van der Waals surface area contributed by atoms with Crippen molar-refractivity contribution in [3.63, 3.8) is 0 Å². The Hall–Kier alpha value is -2.43. The van der Waals surface area contributed by atoms with Gasteiger partial charge in [0.2, 0.25) is 5.95 Å². The molecule has 0 aliphatic rings. The summed E-state index contributed by atoms with van der Waals surface area (Å²) in [5, 5.41) is 12.7. The first kappa shape index (κ1) is 12.0. The van der Waals surface area contributed by atoms with Crippen molar-refractivity contribution < 1.29 is 9.90 Å². The number of carboxylic acid groups (broad SMARTS) is 1. The van der Waals surface area contributed by atoms with Crippen molar-refractivity contribution in [2.75, 3.05) is 5.32 Å². The van der Waals surface area contributed by atoms with E-state index in [1.807, 2.05) is 24.3 Å². The summed E-state index contributed by atoms with van der Waals surface area (Å²) in [6.45, 7) is 3.53. The third kappa shape index (κ3) is 2.63. The number of carbonyl (C=O) groups is 1. The molecule has 18 heavy (non-hydrogen) atoms. The Morgan fingerprint density at radius 3 is 3.00 bits per heavy atom. The van der Waals surface area contributed by atoms with Gasteiger partial charge in [-0.1, -0.05) is 24.3 Å². The topological polar surface area (TPSA) is 75.1 Å². The Balaban J connectivity index is 2.25. The number of para-hydroxylation sites is 1. The number of aromatic nitrogens is 2. The van der Waals surface area contributed by atoms with Gasteiger partial charge in [0, 0.05) is 11.6 Å². The second-order valence-electron chi connectivity index (χ2n) is 3.81. The summed E-state index contributed by atoms with van der Waals surface area (Å²) >= 11 is 0. The van der Waals surface area contributed by atoms with Crippen LogP contribution in [0, 0.1) is 0 Å². The van der Waals surface area contributed by atoms with Gasteiger partial charge in [0.1, 0.15) is 6.04 Å². The summed E-state index contributed by atoms with van der Waals surface area (Å²) < 4.78 is 0. The molecule has 1 aromatic carbocycles. The summed E-state index contributed by atoms with van der Waals surface area (Å²) in [6, 6.07) is 6.76. The minimum Gasteiger partial charge on any atom is -0.480 e. The molecule has 1 unspecified atom stereocenters. The lowest BCUT2D eigenvalue weighted by Crippen LogP contribution is -2.29. The monoisotopic (exact) mass is 243 g/mol. The van der Waals surface area contributed by atoms with Crippen LogP contribution in [0.25, 0.3) is 10.9 Å². The van der Waals surface area contributed by atoms with Crippen molar-refractivity contribution in [2.24, 2.45) is 0 Å². The van der Waals surface area contributed by atoms with Crippen molar-refractivity contribution in [3.05, 3.63) is 43.1 Å². The van der Waals surface area contributed by atoms with Crippen LogP contribution in [0.1, 0.15) is 6.42 Å². The quantitative estimate of drug-likeness (QED) is 0.786. The van der Waals surface area contributed by atoms with Crippen LogP contribution in [0.2, 0.25) is 0 Å². The minimum absolute atomic E-state index is 0.308. The number of hydrogen-bond acceptors (Lipinski definition) is 4. The van der Waals surface area contributed by atoms with E-state index in [1.54, 1.807) is 12.3 Å². The Kier molecular flexibility index (Phi) is 3.52. The minimum atomic E-state index is -0.952. The number of anilines is 1. The molecule has 2 rings (SSSR count). The zero-order valence-electron chi connectivity index (χ0n) is 9.71. The summed E-state index contributed by atoms with van der Waals surface area (Å²) in [4.78, 5) is 19.3. The molecule has 0 bridgehead atoms. The third-order valence-corrected chi connectivity index (χ3v) is 2.49. The molecule has 1 atom stereocenters. The lowest BCUT2D eigenvalue weighted by atomic mass is 10.2. The largest absolute Gasteiger partial charge is 0.480 e. The molecule has 1 aromatic heterocycles. The molecule has 0 radical (unpaired) electrons. The first-order chi connectivity index (χ1) is 8.70. The van der Waals surface area contributed by atoms with Crippen molar-refractivity contribution >= 4 is 22.8 Å². The fraction of sp³-hybridized carbons (Fsp3) is 0.154. The van der Waals surface area contributed by atoms with E-state index in [0.717, 1.165) is 10.9 Å². The fourth-order valence-electron chi connectivity index (χ4n) is 1.59. The molecule has 0 aliphatic heterocycles. The molecule has 0 amide bonds. The van der Waals surface area contributed by atoms with Crippen LogP contribution < -0.4 is 5.32 Å². The highest BCUT2D eigenvalue weighted by molar-refractivity contribution is 5.80. The smallest absolute Gasteiger partial charge is 0.326 e. The van der Waals surface area contributed by atoms with Gasteiger partial charge in [0.05, 0.1) is 5.52 Å². The first-order valence-corrected chi connectivity index (χ1v) is 5.52. The van der Waals surface area contributed by atoms with Gasteiger partial charge in [-0.2, -0.15) is 0 Å². The molecule has 0 fully saturated rings. The van der Waals surface area contributed by atoms with Crippen LogP contribution in [-0.4, -0.2) is 27.1 Å². The molecule has 0 saturated heterocycles. The van der Waals surface area contributed by atoms with Crippen molar-refractivity contribution in [1.82, 2.24) is 9.97 Å². The number of fused-ring (bicyclic) bond motifs is 1. The molecule has 1 heterocycles. The Bertz CT molecular complexity index is 583. The number of aliphatic carboxylic acids is 1. The first-order valence-electron chi connectivity index (χ1n) is 5.52. The van der Waals surface area contributed by atoms with Crippen LogP contribution >= 0.6 is 0 Å². The maximum absolute atomic E-state index is 11.0. The molecule has 92 valence electrons. The molecule has 0 aliphatic carbocycles. The Labute approximate surface area is 104 Å². The lowest BCUT2D eigenvalue weighted by molar-refractivity contribution is -0.137. The number of nitrogens with one attached hydrogen (secondary N) is 1. The highest BCUT2D eigenvalue weighted by Crippen LogP contribution is 2.12. The van der Waals surface area contributed by atoms with Gasteiger partial charge in [0.25, 0.3) is 0 Å². The maximum Gasteiger partial charge on any atom is 0.326 e. The predicted octanol–water partition coefficient (Wildman–Crippen LogP) is 2.07. The molecule has 5 nitrogen and oxygen atoms in total. The van der Waals surface area contributed by atoms with Crippen molar-refractivity contribution in [3.8, 4) is 0 Å². The van der Waals surface area contributed by atoms with E-state index in [2.05, 4.69) is 21.9 Å².